The number of nitrogens with zero attached hydrogens (tertiary/aromatic N) is 3. The van der Waals surface area contributed by atoms with Crippen molar-refractivity contribution in [2.24, 2.45) is 5.92 Å². The molecule has 4 aliphatic rings. The molecule has 0 radical (unpaired) electrons. The lowest BCUT2D eigenvalue weighted by molar-refractivity contribution is -0.186. The van der Waals surface area contributed by atoms with Gasteiger partial charge in [-0.2, -0.15) is 13.2 Å². The summed E-state index contributed by atoms with van der Waals surface area (Å²) in [4.78, 5) is 44.9. The largest absolute Gasteiger partial charge is 0.488 e. The Kier molecular flexibility index (Phi) is 7.73. The van der Waals surface area contributed by atoms with Gasteiger partial charge in [-0.05, 0) is 66.8 Å². The van der Waals surface area contributed by atoms with E-state index in [9.17, 15) is 27.6 Å². The molecule has 3 saturated heterocycles. The van der Waals surface area contributed by atoms with Gasteiger partial charge < -0.3 is 14.4 Å². The predicted octanol–water partition coefficient (Wildman–Crippen LogP) is 4.33. The van der Waals surface area contributed by atoms with E-state index in [2.05, 4.69) is 5.32 Å². The number of amides is 3. The van der Waals surface area contributed by atoms with Crippen LogP contribution in [0.25, 0.3) is 10.9 Å². The third kappa shape index (κ3) is 6.00. The molecule has 0 bridgehead atoms. The van der Waals surface area contributed by atoms with E-state index in [0.29, 0.717) is 23.6 Å². The highest BCUT2D eigenvalue weighted by molar-refractivity contribution is 6.05. The molecule has 0 saturated carbocycles. The third-order valence-electron chi connectivity index (χ3n) is 9.37. The Bertz CT molecular complexity index is 1660. The highest BCUT2D eigenvalue weighted by Gasteiger charge is 2.51. The van der Waals surface area contributed by atoms with Gasteiger partial charge in [-0.3, -0.25) is 29.6 Å². The maximum atomic E-state index is 14.2. The fourth-order valence-corrected chi connectivity index (χ4v) is 6.98. The first-order chi connectivity index (χ1) is 21.6. The molecule has 1 unspecified atom stereocenters. The minimum atomic E-state index is -4.46. The molecule has 0 aliphatic carbocycles. The Labute approximate surface area is 257 Å². The molecule has 1 aromatic heterocycles. The molecule has 12 heteroatoms. The number of piperidine rings is 1. The number of nitrogens with one attached hydrogen (secondary N) is 1. The topological polar surface area (TPSA) is 101 Å². The zero-order valence-electron chi connectivity index (χ0n) is 24.5. The Morgan fingerprint density at radius 2 is 1.80 bits per heavy atom. The SMILES string of the molecule is O=C1CCC(N2Cc3cc(O[C@@H]4CN(Cc5ccc6nc(C7CCOCC7)ccc6c5)C[C@H]4C(F)(F)F)ccc3C2=O)C(=O)N1. The van der Waals surface area contributed by atoms with Gasteiger partial charge in [-0.1, -0.05) is 12.1 Å². The molecule has 3 atom stereocenters. The number of carbonyl (C=O) groups is 3. The van der Waals surface area contributed by atoms with E-state index < -0.39 is 30.1 Å². The summed E-state index contributed by atoms with van der Waals surface area (Å²) in [7, 11) is 0. The zero-order valence-corrected chi connectivity index (χ0v) is 24.5. The second-order valence-electron chi connectivity index (χ2n) is 12.4. The lowest BCUT2D eigenvalue weighted by Gasteiger charge is -2.29. The summed E-state index contributed by atoms with van der Waals surface area (Å²) in [6.07, 6.45) is -3.34. The van der Waals surface area contributed by atoms with Crippen molar-refractivity contribution >= 4 is 28.6 Å². The number of rotatable bonds is 6. The van der Waals surface area contributed by atoms with Crippen LogP contribution in [0.2, 0.25) is 0 Å². The molecule has 236 valence electrons. The Morgan fingerprint density at radius 1 is 0.978 bits per heavy atom. The van der Waals surface area contributed by atoms with E-state index in [4.69, 9.17) is 14.5 Å². The van der Waals surface area contributed by atoms with Crippen molar-refractivity contribution in [1.82, 2.24) is 20.1 Å². The van der Waals surface area contributed by atoms with Crippen LogP contribution in [0.1, 0.15) is 58.8 Å². The minimum Gasteiger partial charge on any atom is -0.488 e. The number of imide groups is 1. The standard InChI is InChI=1S/C33H33F3N4O5/c34-33(35,36)25-17-39(15-19-1-5-27-21(13-19)2-6-26(37-27)20-9-11-44-12-10-20)18-29(25)45-23-3-4-24-22(14-23)16-40(32(24)43)28-7-8-30(41)38-31(28)42/h1-6,13-14,20,25,28-29H,7-12,15-18H2,(H,38,41,42)/t25-,28?,29-/m1/s1. The van der Waals surface area contributed by atoms with E-state index in [1.54, 1.807) is 11.0 Å². The molecular formula is C33H33F3N4O5. The van der Waals surface area contributed by atoms with Crippen LogP contribution in [-0.2, 0) is 27.4 Å². The number of alkyl halides is 3. The fourth-order valence-electron chi connectivity index (χ4n) is 6.98. The zero-order chi connectivity index (χ0) is 31.3. The number of halogens is 3. The van der Waals surface area contributed by atoms with E-state index in [1.165, 1.54) is 17.0 Å². The van der Waals surface area contributed by atoms with Gasteiger partial charge in [0.2, 0.25) is 11.8 Å². The quantitative estimate of drug-likeness (QED) is 0.409. The summed E-state index contributed by atoms with van der Waals surface area (Å²) in [5, 5.41) is 3.21. The maximum Gasteiger partial charge on any atom is 0.396 e. The number of benzene rings is 2. The molecule has 3 amide bonds. The molecule has 7 rings (SSSR count). The Hall–Kier alpha value is -4.03. The average molecular weight is 623 g/mol. The smallest absolute Gasteiger partial charge is 0.396 e. The average Bonchev–Trinajstić information content (AvgIpc) is 3.57. The van der Waals surface area contributed by atoms with Crippen molar-refractivity contribution in [3.8, 4) is 5.75 Å². The van der Waals surface area contributed by atoms with Crippen LogP contribution in [-0.4, -0.2) is 77.1 Å². The number of ether oxygens (including phenoxy) is 2. The van der Waals surface area contributed by atoms with Crippen LogP contribution in [0.5, 0.6) is 5.75 Å². The summed E-state index contributed by atoms with van der Waals surface area (Å²) >= 11 is 0. The van der Waals surface area contributed by atoms with Gasteiger partial charge in [0, 0.05) is 68.4 Å². The van der Waals surface area contributed by atoms with Crippen molar-refractivity contribution in [1.29, 1.82) is 0 Å². The Balaban J connectivity index is 1.04. The van der Waals surface area contributed by atoms with Crippen LogP contribution >= 0.6 is 0 Å². The van der Waals surface area contributed by atoms with Crippen LogP contribution < -0.4 is 10.1 Å². The third-order valence-corrected chi connectivity index (χ3v) is 9.37. The number of pyridine rings is 1. The monoisotopic (exact) mass is 622 g/mol. The van der Waals surface area contributed by atoms with E-state index in [1.807, 2.05) is 30.3 Å². The highest BCUT2D eigenvalue weighted by Crippen LogP contribution is 2.38. The number of likely N-dealkylation sites (tertiary alicyclic amines) is 1. The van der Waals surface area contributed by atoms with Gasteiger partial charge in [0.25, 0.3) is 5.91 Å². The van der Waals surface area contributed by atoms with Crippen LogP contribution in [0.4, 0.5) is 13.2 Å². The van der Waals surface area contributed by atoms with E-state index >= 15 is 0 Å². The van der Waals surface area contributed by atoms with Gasteiger partial charge in [0.1, 0.15) is 23.8 Å². The van der Waals surface area contributed by atoms with Gasteiger partial charge in [-0.25, -0.2) is 0 Å². The van der Waals surface area contributed by atoms with Gasteiger partial charge >= 0.3 is 6.18 Å². The maximum absolute atomic E-state index is 14.2. The van der Waals surface area contributed by atoms with Crippen LogP contribution in [0, 0.1) is 5.92 Å². The summed E-state index contributed by atoms with van der Waals surface area (Å²) in [6, 6.07) is 13.8. The molecular weight excluding hydrogens is 589 g/mol. The lowest BCUT2D eigenvalue weighted by Crippen LogP contribution is -2.52. The highest BCUT2D eigenvalue weighted by atomic mass is 19.4. The molecule has 3 fully saturated rings. The Morgan fingerprint density at radius 3 is 2.58 bits per heavy atom. The summed E-state index contributed by atoms with van der Waals surface area (Å²) in [5.41, 5.74) is 3.76. The van der Waals surface area contributed by atoms with Gasteiger partial charge in [-0.15, -0.1) is 0 Å². The molecule has 3 aromatic rings. The molecule has 9 nitrogen and oxygen atoms in total. The summed E-state index contributed by atoms with van der Waals surface area (Å²) < 4.78 is 54.0. The van der Waals surface area contributed by atoms with Crippen molar-refractivity contribution in [3.05, 3.63) is 70.9 Å². The number of fused-ring (bicyclic) bond motifs is 2. The molecule has 4 aliphatic heterocycles. The number of aromatic nitrogens is 1. The molecule has 0 spiro atoms. The lowest BCUT2D eigenvalue weighted by atomic mass is 9.95. The van der Waals surface area contributed by atoms with Crippen molar-refractivity contribution < 1.29 is 37.0 Å². The normalized spacial score (nSPS) is 24.7. The number of carbonyl (C=O) groups excluding carboxylic acids is 3. The van der Waals surface area contributed by atoms with Crippen LogP contribution in [0.15, 0.2) is 48.5 Å². The fraction of sp³-hybridized carbons (Fsp3) is 0.455. The summed E-state index contributed by atoms with van der Waals surface area (Å²) in [5.74, 6) is -2.32. The summed E-state index contributed by atoms with van der Waals surface area (Å²) in [6.45, 7) is 1.81. The molecule has 1 N–H and O–H groups in total. The van der Waals surface area contributed by atoms with E-state index in [-0.39, 0.29) is 50.0 Å². The van der Waals surface area contributed by atoms with Crippen molar-refractivity contribution in [3.63, 3.8) is 0 Å². The first-order valence-electron chi connectivity index (χ1n) is 15.3. The first kappa shape index (κ1) is 29.7. The molecule has 45 heavy (non-hydrogen) atoms. The molecule has 2 aromatic carbocycles. The molecule has 5 heterocycles. The number of hydrogen-bond donors (Lipinski definition) is 1. The van der Waals surface area contributed by atoms with Crippen LogP contribution in [0.3, 0.4) is 0 Å². The first-order valence-corrected chi connectivity index (χ1v) is 15.3. The van der Waals surface area contributed by atoms with Gasteiger partial charge in [0.05, 0.1) is 5.52 Å². The predicted molar refractivity (Wildman–Crippen MR) is 156 cm³/mol. The van der Waals surface area contributed by atoms with Gasteiger partial charge in [0.15, 0.2) is 0 Å². The second-order valence-corrected chi connectivity index (χ2v) is 12.4. The minimum absolute atomic E-state index is 0.0849. The van der Waals surface area contributed by atoms with Crippen molar-refractivity contribution in [2.45, 2.75) is 63.0 Å². The van der Waals surface area contributed by atoms with E-state index in [0.717, 1.165) is 48.2 Å². The second kappa shape index (κ2) is 11.7. The number of hydrogen-bond acceptors (Lipinski definition) is 7. The van der Waals surface area contributed by atoms with Crippen molar-refractivity contribution in [2.75, 3.05) is 26.3 Å².